The second-order valence-corrected chi connectivity index (χ2v) is 11.2. The first kappa shape index (κ1) is 31.8. The maximum absolute atomic E-state index is 13.2. The first-order valence-corrected chi connectivity index (χ1v) is 12.7. The average Bonchev–Trinajstić information content (AvgIpc) is 3.28. The number of methoxy groups -OCH3 is 1. The van der Waals surface area contributed by atoms with E-state index in [1.807, 2.05) is 0 Å². The number of carbonyl (C=O) groups excluding carboxylic acids is 5. The molecule has 0 aromatic heterocycles. The second kappa shape index (κ2) is 12.6. The van der Waals surface area contributed by atoms with Crippen molar-refractivity contribution in [2.75, 3.05) is 26.9 Å². The van der Waals surface area contributed by atoms with Gasteiger partial charge in [0.05, 0.1) is 19.8 Å². The number of carbonyl (C=O) groups is 5. The van der Waals surface area contributed by atoms with E-state index in [9.17, 15) is 24.0 Å². The zero-order valence-electron chi connectivity index (χ0n) is 23.6. The topological polar surface area (TPSA) is 206 Å². The van der Waals surface area contributed by atoms with Gasteiger partial charge in [-0.3, -0.25) is 19.2 Å². The molecule has 2 aliphatic rings. The number of nitrogens with one attached hydrogen (secondary N) is 4. The Bertz CT molecular complexity index is 1040. The normalized spacial score (nSPS) is 26.5. The maximum Gasteiger partial charge on any atom is 0.330 e. The number of nitrogens with two attached hydrogens (primary N) is 1. The fourth-order valence-corrected chi connectivity index (χ4v) is 3.67. The predicted molar refractivity (Wildman–Crippen MR) is 138 cm³/mol. The molecule has 0 aliphatic carbocycles. The standard InChI is InChI=1S/C24H40N8O7/c1-22(2)19(35)26-16(18(34)28-24(5,6)21(37)38-7)13-39-12-14-11-32(31-30-14)10-8-9-15(25)17(33)27-23(3,4)20(36)29-22/h11,14-16H,8-10,12-13,25H2,1-7H3,(H3-,26,27,28,29,33,34,35,36)/p+1/t14?,15-,16-/m0/s1. The fraction of sp³-hybridized carbons (Fsp3) is 0.750. The van der Waals surface area contributed by atoms with E-state index >= 15 is 0 Å². The van der Waals surface area contributed by atoms with Crippen LogP contribution in [0.4, 0.5) is 0 Å². The lowest BCUT2D eigenvalue weighted by Gasteiger charge is -2.33. The van der Waals surface area contributed by atoms with Gasteiger partial charge in [-0.1, -0.05) is 0 Å². The number of fused-ring (bicyclic) bond motifs is 1. The SMILES string of the molecule is COC(=O)C(C)(C)NC(=O)[C@@H]1COCC2C=[N+](CCC[C@H](N)C(=O)NC(C)(C)C(=O)NC(C)(C)C(=O)N1)N=N2. The fourth-order valence-electron chi connectivity index (χ4n) is 3.67. The van der Waals surface area contributed by atoms with E-state index < -0.39 is 64.3 Å². The quantitative estimate of drug-likeness (QED) is 0.201. The Hall–Kier alpha value is -3.46. The monoisotopic (exact) mass is 553 g/mol. The van der Waals surface area contributed by atoms with Gasteiger partial charge < -0.3 is 36.5 Å². The molecule has 0 saturated carbocycles. The van der Waals surface area contributed by atoms with Gasteiger partial charge in [-0.2, -0.15) is 0 Å². The largest absolute Gasteiger partial charge is 0.467 e. The lowest BCUT2D eigenvalue weighted by atomic mass is 9.97. The smallest absolute Gasteiger partial charge is 0.330 e. The summed E-state index contributed by atoms with van der Waals surface area (Å²) < 4.78 is 12.0. The number of ether oxygens (including phenoxy) is 2. The molecule has 39 heavy (non-hydrogen) atoms. The summed E-state index contributed by atoms with van der Waals surface area (Å²) in [4.78, 5) is 64.2. The van der Waals surface area contributed by atoms with Crippen LogP contribution in [0.2, 0.25) is 0 Å². The van der Waals surface area contributed by atoms with Crippen LogP contribution in [0.3, 0.4) is 0 Å². The van der Waals surface area contributed by atoms with Crippen molar-refractivity contribution < 1.29 is 38.1 Å². The van der Waals surface area contributed by atoms with Gasteiger partial charge in [0.25, 0.3) is 0 Å². The molecule has 2 bridgehead atoms. The lowest BCUT2D eigenvalue weighted by Crippen LogP contribution is -2.66. The molecule has 0 fully saturated rings. The molecule has 15 heteroatoms. The average molecular weight is 554 g/mol. The van der Waals surface area contributed by atoms with Gasteiger partial charge in [-0.15, -0.1) is 4.68 Å². The molecular formula is C24H41N8O7+. The van der Waals surface area contributed by atoms with Gasteiger partial charge in [0, 0.05) is 5.11 Å². The zero-order chi connectivity index (χ0) is 29.6. The molecule has 0 spiro atoms. The summed E-state index contributed by atoms with van der Waals surface area (Å²) in [6.07, 6.45) is 2.62. The Morgan fingerprint density at radius 1 is 1.13 bits per heavy atom. The highest BCUT2D eigenvalue weighted by Gasteiger charge is 2.40. The molecule has 0 aromatic carbocycles. The highest BCUT2D eigenvalue weighted by atomic mass is 16.5. The number of esters is 1. The van der Waals surface area contributed by atoms with E-state index in [1.54, 1.807) is 10.9 Å². The molecule has 2 aliphatic heterocycles. The maximum atomic E-state index is 13.2. The molecule has 2 rings (SSSR count). The number of nitrogens with zero attached hydrogens (tertiary/aromatic N) is 3. The van der Waals surface area contributed by atoms with Crippen LogP contribution in [-0.2, 0) is 33.4 Å². The number of hydrogen-bond acceptors (Lipinski definition) is 10. The van der Waals surface area contributed by atoms with Gasteiger partial charge >= 0.3 is 5.97 Å². The zero-order valence-corrected chi connectivity index (χ0v) is 23.6. The molecule has 0 aromatic rings. The van der Waals surface area contributed by atoms with Crippen molar-refractivity contribution in [3.63, 3.8) is 0 Å². The minimum Gasteiger partial charge on any atom is -0.467 e. The van der Waals surface area contributed by atoms with E-state index in [0.29, 0.717) is 19.4 Å². The Labute approximate surface area is 227 Å². The van der Waals surface area contributed by atoms with E-state index in [0.717, 1.165) is 0 Å². The van der Waals surface area contributed by atoms with Crippen LogP contribution in [0, 0.1) is 0 Å². The van der Waals surface area contributed by atoms with E-state index in [4.69, 9.17) is 15.2 Å². The number of hydrogen-bond donors (Lipinski definition) is 5. The first-order chi connectivity index (χ1) is 18.0. The number of amides is 4. The van der Waals surface area contributed by atoms with Gasteiger partial charge in [-0.05, 0) is 54.4 Å². The van der Waals surface area contributed by atoms with Crippen molar-refractivity contribution >= 4 is 35.8 Å². The molecule has 218 valence electrons. The predicted octanol–water partition coefficient (Wildman–Crippen LogP) is -1.70. The van der Waals surface area contributed by atoms with E-state index in [1.165, 1.54) is 48.7 Å². The number of rotatable bonds is 3. The third-order valence-corrected chi connectivity index (χ3v) is 6.22. The van der Waals surface area contributed by atoms with Crippen molar-refractivity contribution in [3.05, 3.63) is 0 Å². The Balaban J connectivity index is 2.31. The Morgan fingerprint density at radius 2 is 1.77 bits per heavy atom. The van der Waals surface area contributed by atoms with Crippen molar-refractivity contribution in [2.45, 2.75) is 89.1 Å². The van der Waals surface area contributed by atoms with Gasteiger partial charge in [0.2, 0.25) is 29.7 Å². The third kappa shape index (κ3) is 8.78. The summed E-state index contributed by atoms with van der Waals surface area (Å²) in [7, 11) is 1.19. The van der Waals surface area contributed by atoms with Crippen LogP contribution >= 0.6 is 0 Å². The molecule has 15 nitrogen and oxygen atoms in total. The molecule has 6 N–H and O–H groups in total. The van der Waals surface area contributed by atoms with E-state index in [-0.39, 0.29) is 13.2 Å². The summed E-state index contributed by atoms with van der Waals surface area (Å²) in [6.45, 7) is 9.06. The van der Waals surface area contributed by atoms with Crippen molar-refractivity contribution in [3.8, 4) is 0 Å². The van der Waals surface area contributed by atoms with Crippen LogP contribution in [0.15, 0.2) is 10.3 Å². The third-order valence-electron chi connectivity index (χ3n) is 6.22. The molecule has 0 saturated heterocycles. The van der Waals surface area contributed by atoms with Gasteiger partial charge in [-0.25, -0.2) is 4.79 Å². The summed E-state index contributed by atoms with van der Waals surface area (Å²) in [5.41, 5.74) is 1.74. The second-order valence-electron chi connectivity index (χ2n) is 11.2. The van der Waals surface area contributed by atoms with Crippen LogP contribution < -0.4 is 27.0 Å². The summed E-state index contributed by atoms with van der Waals surface area (Å²) >= 11 is 0. The molecule has 1 unspecified atom stereocenters. The van der Waals surface area contributed by atoms with Crippen molar-refractivity contribution in [1.82, 2.24) is 21.3 Å². The van der Waals surface area contributed by atoms with E-state index in [2.05, 4.69) is 31.6 Å². The summed E-state index contributed by atoms with van der Waals surface area (Å²) in [5, 5.41) is 18.5. The molecule has 4 amide bonds. The minimum atomic E-state index is -1.51. The first-order valence-electron chi connectivity index (χ1n) is 12.7. The van der Waals surface area contributed by atoms with Gasteiger partial charge in [0.15, 0.2) is 0 Å². The van der Waals surface area contributed by atoms with Crippen LogP contribution in [0.1, 0.15) is 54.4 Å². The summed E-state index contributed by atoms with van der Waals surface area (Å²) in [6, 6.07) is -2.52. The van der Waals surface area contributed by atoms with Gasteiger partial charge in [0.1, 0.15) is 47.2 Å². The summed E-state index contributed by atoms with van der Waals surface area (Å²) in [5.74, 6) is -3.24. The van der Waals surface area contributed by atoms with Crippen LogP contribution in [-0.4, -0.2) is 102 Å². The Kier molecular flexibility index (Phi) is 10.3. The molecular weight excluding hydrogens is 512 g/mol. The molecule has 3 atom stereocenters. The van der Waals surface area contributed by atoms with Crippen LogP contribution in [0.5, 0.6) is 0 Å². The minimum absolute atomic E-state index is 0.0658. The molecule has 2 heterocycles. The highest BCUT2D eigenvalue weighted by Crippen LogP contribution is 2.12. The van der Waals surface area contributed by atoms with Crippen molar-refractivity contribution in [1.29, 1.82) is 0 Å². The van der Waals surface area contributed by atoms with Crippen molar-refractivity contribution in [2.24, 2.45) is 16.1 Å². The Morgan fingerprint density at radius 3 is 2.41 bits per heavy atom. The highest BCUT2D eigenvalue weighted by molar-refractivity contribution is 5.98. The molecule has 0 radical (unpaired) electrons. The lowest BCUT2D eigenvalue weighted by molar-refractivity contribution is -0.532. The van der Waals surface area contributed by atoms with Crippen LogP contribution in [0.25, 0.3) is 0 Å².